The van der Waals surface area contributed by atoms with Crippen LogP contribution in [0.15, 0.2) is 83.9 Å². The van der Waals surface area contributed by atoms with Crippen LogP contribution < -0.4 is 9.47 Å². The first-order chi connectivity index (χ1) is 18.8. The van der Waals surface area contributed by atoms with Crippen LogP contribution in [0.3, 0.4) is 0 Å². The second-order valence-electron chi connectivity index (χ2n) is 10.2. The van der Waals surface area contributed by atoms with Gasteiger partial charge < -0.3 is 9.47 Å². The highest BCUT2D eigenvalue weighted by molar-refractivity contribution is 5.81. The van der Waals surface area contributed by atoms with E-state index in [1.807, 2.05) is 85.1 Å². The van der Waals surface area contributed by atoms with Crippen molar-refractivity contribution in [2.24, 2.45) is 4.99 Å². The lowest BCUT2D eigenvalue weighted by atomic mass is 10.0. The zero-order valence-corrected chi connectivity index (χ0v) is 23.5. The van der Waals surface area contributed by atoms with E-state index in [0.717, 1.165) is 41.5 Å². The van der Waals surface area contributed by atoms with E-state index in [-0.39, 0.29) is 0 Å². The fourth-order valence-electron chi connectivity index (χ4n) is 4.52. The first kappa shape index (κ1) is 29.5. The van der Waals surface area contributed by atoms with Gasteiger partial charge in [0.25, 0.3) is 0 Å². The minimum absolute atomic E-state index is 0.781. The first-order valence-electron chi connectivity index (χ1n) is 14.9. The fourth-order valence-corrected chi connectivity index (χ4v) is 4.52. The van der Waals surface area contributed by atoms with Gasteiger partial charge in [0.15, 0.2) is 0 Å². The third-order valence-corrected chi connectivity index (χ3v) is 6.83. The van der Waals surface area contributed by atoms with Gasteiger partial charge in [-0.3, -0.25) is 4.99 Å². The van der Waals surface area contributed by atoms with Crippen molar-refractivity contribution in [3.63, 3.8) is 0 Å². The molecule has 3 nitrogen and oxygen atoms in total. The highest BCUT2D eigenvalue weighted by Crippen LogP contribution is 2.26. The van der Waals surface area contributed by atoms with E-state index < -0.39 is 0 Å². The summed E-state index contributed by atoms with van der Waals surface area (Å²) in [5.41, 5.74) is 1.98. The number of rotatable bonds is 20. The van der Waals surface area contributed by atoms with Gasteiger partial charge in [0.05, 0.1) is 12.3 Å². The summed E-state index contributed by atoms with van der Waals surface area (Å²) in [4.78, 5) is 4.52. The lowest BCUT2D eigenvalue weighted by Crippen LogP contribution is -1.97. The lowest BCUT2D eigenvalue weighted by Gasteiger charge is -2.09. The molecule has 0 amide bonds. The average molecular weight is 514 g/mol. The van der Waals surface area contributed by atoms with Crippen LogP contribution in [0, 0.1) is 0 Å². The number of hydrogen-bond donors (Lipinski definition) is 0. The molecule has 0 unspecified atom stereocenters. The van der Waals surface area contributed by atoms with Crippen LogP contribution in [0.2, 0.25) is 0 Å². The van der Waals surface area contributed by atoms with Crippen molar-refractivity contribution in [3.05, 3.63) is 84.4 Å². The molecular formula is C35H47NO2. The molecule has 3 rings (SSSR count). The van der Waals surface area contributed by atoms with E-state index in [1.165, 1.54) is 83.5 Å². The second-order valence-corrected chi connectivity index (χ2v) is 10.2. The monoisotopic (exact) mass is 513 g/mol. The summed E-state index contributed by atoms with van der Waals surface area (Å²) in [5, 5.41) is 0. The molecule has 0 spiro atoms. The van der Waals surface area contributed by atoms with Crippen LogP contribution in [0.1, 0.15) is 102 Å². The predicted molar refractivity (Wildman–Crippen MR) is 162 cm³/mol. The third-order valence-electron chi connectivity index (χ3n) is 6.83. The van der Waals surface area contributed by atoms with E-state index in [1.54, 1.807) is 0 Å². The van der Waals surface area contributed by atoms with Crippen molar-refractivity contribution in [2.75, 3.05) is 6.61 Å². The van der Waals surface area contributed by atoms with Gasteiger partial charge in [-0.2, -0.15) is 0 Å². The van der Waals surface area contributed by atoms with Crippen LogP contribution in [0.25, 0.3) is 0 Å². The highest BCUT2D eigenvalue weighted by atomic mass is 16.5. The van der Waals surface area contributed by atoms with Gasteiger partial charge in [0, 0.05) is 6.21 Å². The Morgan fingerprint density at radius 2 is 1.00 bits per heavy atom. The maximum atomic E-state index is 5.97. The molecule has 204 valence electrons. The highest BCUT2D eigenvalue weighted by Gasteiger charge is 2.00. The molecule has 38 heavy (non-hydrogen) atoms. The summed E-state index contributed by atoms with van der Waals surface area (Å²) < 4.78 is 11.9. The number of benzene rings is 3. The van der Waals surface area contributed by atoms with E-state index in [2.05, 4.69) is 11.9 Å². The van der Waals surface area contributed by atoms with Gasteiger partial charge >= 0.3 is 0 Å². The summed E-state index contributed by atoms with van der Waals surface area (Å²) in [5.74, 6) is 2.49. The van der Waals surface area contributed by atoms with Crippen molar-refractivity contribution in [1.82, 2.24) is 0 Å². The van der Waals surface area contributed by atoms with Crippen molar-refractivity contribution < 1.29 is 9.47 Å². The second kappa shape index (κ2) is 19.1. The van der Waals surface area contributed by atoms with Gasteiger partial charge in [-0.15, -0.1) is 0 Å². The standard InChI is InChI=1S/C35H47NO2/c1-2-3-4-5-6-7-8-9-10-11-12-13-14-18-29-37-33-25-27-35(28-26-33)38-34-23-21-32(22-24-34)36-30-31-19-16-15-17-20-31/h15-17,19-28,30H,2-14,18,29H2,1H3. The Labute approximate surface area is 231 Å². The van der Waals surface area contributed by atoms with E-state index in [0.29, 0.717) is 0 Å². The molecule has 0 aromatic heterocycles. The Balaban J connectivity index is 1.20. The summed E-state index contributed by atoms with van der Waals surface area (Å²) in [6.45, 7) is 3.07. The van der Waals surface area contributed by atoms with Gasteiger partial charge in [-0.25, -0.2) is 0 Å². The molecule has 0 saturated carbocycles. The van der Waals surface area contributed by atoms with Crippen LogP contribution in [0.5, 0.6) is 17.2 Å². The maximum absolute atomic E-state index is 5.97. The molecule has 0 atom stereocenters. The molecular weight excluding hydrogens is 466 g/mol. The number of hydrogen-bond acceptors (Lipinski definition) is 3. The number of unbranched alkanes of at least 4 members (excludes halogenated alkanes) is 13. The number of ether oxygens (including phenoxy) is 2. The fraction of sp³-hybridized carbons (Fsp3) is 0.457. The van der Waals surface area contributed by atoms with Gasteiger partial charge in [-0.1, -0.05) is 121 Å². The number of nitrogens with zero attached hydrogens (tertiary/aromatic N) is 1. The van der Waals surface area contributed by atoms with Crippen LogP contribution in [-0.4, -0.2) is 12.8 Å². The van der Waals surface area contributed by atoms with Crippen molar-refractivity contribution in [3.8, 4) is 17.2 Å². The summed E-state index contributed by atoms with van der Waals surface area (Å²) in [7, 11) is 0. The van der Waals surface area contributed by atoms with Crippen molar-refractivity contribution >= 4 is 11.9 Å². The third kappa shape index (κ3) is 12.9. The van der Waals surface area contributed by atoms with Crippen molar-refractivity contribution in [2.45, 2.75) is 96.8 Å². The summed E-state index contributed by atoms with van der Waals surface area (Å²) in [6, 6.07) is 25.8. The topological polar surface area (TPSA) is 30.8 Å². The molecule has 0 aliphatic rings. The molecule has 0 N–H and O–H groups in total. The Bertz CT molecular complexity index is 996. The molecule has 0 radical (unpaired) electrons. The van der Waals surface area contributed by atoms with Crippen LogP contribution >= 0.6 is 0 Å². The number of aliphatic imine (C=N–C) groups is 1. The van der Waals surface area contributed by atoms with Crippen molar-refractivity contribution in [1.29, 1.82) is 0 Å². The zero-order chi connectivity index (χ0) is 26.5. The Morgan fingerprint density at radius 3 is 1.55 bits per heavy atom. The Hall–Kier alpha value is -3.07. The minimum Gasteiger partial charge on any atom is -0.494 e. The molecule has 0 fully saturated rings. The minimum atomic E-state index is 0.781. The smallest absolute Gasteiger partial charge is 0.127 e. The molecule has 3 heteroatoms. The normalized spacial score (nSPS) is 11.2. The molecule has 0 aliphatic carbocycles. The molecule has 3 aromatic carbocycles. The van der Waals surface area contributed by atoms with E-state index >= 15 is 0 Å². The predicted octanol–water partition coefficient (Wildman–Crippen LogP) is 11.1. The SMILES string of the molecule is CCCCCCCCCCCCCCCCOc1ccc(Oc2ccc(N=Cc3ccccc3)cc2)cc1. The van der Waals surface area contributed by atoms with E-state index in [9.17, 15) is 0 Å². The molecule has 3 aromatic rings. The summed E-state index contributed by atoms with van der Waals surface area (Å²) >= 11 is 0. The molecule has 0 aliphatic heterocycles. The lowest BCUT2D eigenvalue weighted by molar-refractivity contribution is 0.304. The van der Waals surface area contributed by atoms with Gasteiger partial charge in [-0.05, 0) is 60.5 Å². The van der Waals surface area contributed by atoms with Gasteiger partial charge in [0.2, 0.25) is 0 Å². The molecule has 0 bridgehead atoms. The quantitative estimate of drug-likeness (QED) is 0.111. The first-order valence-corrected chi connectivity index (χ1v) is 14.9. The van der Waals surface area contributed by atoms with E-state index in [4.69, 9.17) is 9.47 Å². The average Bonchev–Trinajstić information content (AvgIpc) is 2.96. The van der Waals surface area contributed by atoms with Crippen LogP contribution in [-0.2, 0) is 0 Å². The Kier molecular flexibility index (Phi) is 14.8. The molecule has 0 saturated heterocycles. The summed E-state index contributed by atoms with van der Waals surface area (Å²) in [6.07, 6.45) is 21.1. The largest absolute Gasteiger partial charge is 0.494 e. The Morgan fingerprint density at radius 1 is 0.526 bits per heavy atom. The maximum Gasteiger partial charge on any atom is 0.127 e. The van der Waals surface area contributed by atoms with Gasteiger partial charge in [0.1, 0.15) is 17.2 Å². The zero-order valence-electron chi connectivity index (χ0n) is 23.5. The molecule has 0 heterocycles. The van der Waals surface area contributed by atoms with Crippen LogP contribution in [0.4, 0.5) is 5.69 Å².